The molecule has 0 aromatic heterocycles. The summed E-state index contributed by atoms with van der Waals surface area (Å²) in [5.41, 5.74) is 19.4. The molecule has 0 radical (unpaired) electrons. The highest BCUT2D eigenvalue weighted by Crippen LogP contribution is 2.33. The number of piperidine rings is 1. The molecule has 2 aromatic carbocycles. The van der Waals surface area contributed by atoms with Crippen LogP contribution in [-0.4, -0.2) is 47.3 Å². The summed E-state index contributed by atoms with van der Waals surface area (Å²) in [5, 5.41) is 16.2. The van der Waals surface area contributed by atoms with Crippen LogP contribution in [0.5, 0.6) is 11.5 Å². The van der Waals surface area contributed by atoms with E-state index in [9.17, 15) is 5.11 Å². The topological polar surface area (TPSA) is 123 Å². The summed E-state index contributed by atoms with van der Waals surface area (Å²) >= 11 is 0. The molecule has 1 saturated heterocycles. The number of phenolic OH excluding ortho intramolecular Hbond substituents is 1. The van der Waals surface area contributed by atoms with Crippen LogP contribution in [0.3, 0.4) is 0 Å². The smallest absolute Gasteiger partial charge is 0.125 e. The van der Waals surface area contributed by atoms with Crippen molar-refractivity contribution in [3.05, 3.63) is 53.9 Å². The zero-order chi connectivity index (χ0) is 25.1. The van der Waals surface area contributed by atoms with Gasteiger partial charge in [0.1, 0.15) is 11.5 Å². The molecule has 0 unspecified atom stereocenters. The fraction of sp³-hybridized carbons (Fsp3) is 0.481. The van der Waals surface area contributed by atoms with E-state index in [0.29, 0.717) is 36.3 Å². The van der Waals surface area contributed by atoms with E-state index in [0.717, 1.165) is 35.8 Å². The second kappa shape index (κ2) is 10.2. The van der Waals surface area contributed by atoms with Gasteiger partial charge in [0.25, 0.3) is 0 Å². The van der Waals surface area contributed by atoms with Crippen molar-refractivity contribution in [2.75, 3.05) is 20.2 Å². The summed E-state index contributed by atoms with van der Waals surface area (Å²) in [4.78, 5) is 2.13. The van der Waals surface area contributed by atoms with Crippen molar-refractivity contribution >= 4 is 16.5 Å². The average molecular weight is 468 g/mol. The Bertz CT molecular complexity index is 1060. The summed E-state index contributed by atoms with van der Waals surface area (Å²) < 4.78 is 5.71. The van der Waals surface area contributed by atoms with E-state index >= 15 is 0 Å². The van der Waals surface area contributed by atoms with Crippen LogP contribution in [0.2, 0.25) is 0 Å². The molecule has 0 spiro atoms. The van der Waals surface area contributed by atoms with Gasteiger partial charge in [0, 0.05) is 35.4 Å². The monoisotopic (exact) mass is 467 g/mol. The minimum Gasteiger partial charge on any atom is -0.507 e. The summed E-state index contributed by atoms with van der Waals surface area (Å²) in [6.45, 7) is 10.1. The normalized spacial score (nSPS) is 18.8. The Balaban J connectivity index is 1.78. The third kappa shape index (κ3) is 6.36. The van der Waals surface area contributed by atoms with Gasteiger partial charge in [-0.1, -0.05) is 6.07 Å². The number of nitrogens with zero attached hydrogens (tertiary/aromatic N) is 1. The fourth-order valence-electron chi connectivity index (χ4n) is 4.99. The van der Waals surface area contributed by atoms with Crippen LogP contribution in [0.4, 0.5) is 0 Å². The van der Waals surface area contributed by atoms with Gasteiger partial charge in [-0.15, -0.1) is 0 Å². The molecule has 1 heterocycles. The van der Waals surface area contributed by atoms with Crippen molar-refractivity contribution in [2.24, 2.45) is 17.2 Å². The quantitative estimate of drug-likeness (QED) is 0.297. The van der Waals surface area contributed by atoms with Crippen molar-refractivity contribution in [2.45, 2.75) is 64.1 Å². The van der Waals surface area contributed by atoms with Crippen LogP contribution in [0.1, 0.15) is 52.5 Å². The van der Waals surface area contributed by atoms with Crippen LogP contribution in [-0.2, 0) is 0 Å². The number of phenols is 1. The Kier molecular flexibility index (Phi) is 7.68. The maximum atomic E-state index is 10.6. The minimum atomic E-state index is 0.0298. The van der Waals surface area contributed by atoms with Crippen LogP contribution >= 0.6 is 0 Å². The first-order valence-corrected chi connectivity index (χ1v) is 12.0. The molecule has 3 rings (SSSR count). The molecule has 186 valence electrons. The predicted octanol–water partition coefficient (Wildman–Crippen LogP) is 3.61. The van der Waals surface area contributed by atoms with Gasteiger partial charge in [0.2, 0.25) is 0 Å². The summed E-state index contributed by atoms with van der Waals surface area (Å²) in [7, 11) is 2.03. The molecule has 1 fully saturated rings. The van der Waals surface area contributed by atoms with Gasteiger partial charge in [0.15, 0.2) is 0 Å². The van der Waals surface area contributed by atoms with Gasteiger partial charge in [-0.05, 0) is 101 Å². The highest BCUT2D eigenvalue weighted by Gasteiger charge is 2.39. The molecule has 0 atom stereocenters. The van der Waals surface area contributed by atoms with Gasteiger partial charge in [-0.2, -0.15) is 0 Å². The van der Waals surface area contributed by atoms with Gasteiger partial charge in [-0.25, -0.2) is 0 Å². The molecule has 1 aliphatic rings. The van der Waals surface area contributed by atoms with Crippen molar-refractivity contribution in [3.63, 3.8) is 0 Å². The van der Waals surface area contributed by atoms with Crippen molar-refractivity contribution in [1.29, 1.82) is 0 Å². The first-order chi connectivity index (χ1) is 15.9. The standard InChI is InChI=1S/C27H41N5O2/c1-26(2)16-20(17-27(3,4)31-26)32(5)25(30)10-9-23(29)22-14-18-7-8-21(34-12-6-11-28)13-19(18)15-24(22)33/h7-10,13-15,20,31,33H,6,11-12,16-17,28-30H2,1-5H3/b23-9-,25-10+. The van der Waals surface area contributed by atoms with Gasteiger partial charge in [0.05, 0.1) is 12.4 Å². The molecule has 0 amide bonds. The highest BCUT2D eigenvalue weighted by atomic mass is 16.5. The van der Waals surface area contributed by atoms with Crippen molar-refractivity contribution < 1.29 is 9.84 Å². The number of nitrogens with two attached hydrogens (primary N) is 3. The van der Waals surface area contributed by atoms with Crippen LogP contribution in [0.25, 0.3) is 16.5 Å². The number of rotatable bonds is 8. The van der Waals surface area contributed by atoms with Crippen LogP contribution < -0.4 is 27.3 Å². The van der Waals surface area contributed by atoms with Crippen molar-refractivity contribution in [1.82, 2.24) is 10.2 Å². The molecule has 0 bridgehead atoms. The second-order valence-corrected chi connectivity index (χ2v) is 10.6. The first kappa shape index (κ1) is 25.7. The molecule has 34 heavy (non-hydrogen) atoms. The lowest BCUT2D eigenvalue weighted by Crippen LogP contribution is -2.61. The Morgan fingerprint density at radius 1 is 1.09 bits per heavy atom. The summed E-state index contributed by atoms with van der Waals surface area (Å²) in [5.74, 6) is 1.50. The number of fused-ring (bicyclic) bond motifs is 1. The van der Waals surface area contributed by atoms with E-state index in [2.05, 4.69) is 37.9 Å². The number of aromatic hydroxyl groups is 1. The number of hydrogen-bond donors (Lipinski definition) is 5. The summed E-state index contributed by atoms with van der Waals surface area (Å²) in [6, 6.07) is 9.68. The van der Waals surface area contributed by atoms with E-state index in [1.807, 2.05) is 37.4 Å². The van der Waals surface area contributed by atoms with Crippen LogP contribution in [0.15, 0.2) is 48.3 Å². The van der Waals surface area contributed by atoms with E-state index < -0.39 is 0 Å². The molecule has 2 aromatic rings. The zero-order valence-electron chi connectivity index (χ0n) is 21.2. The number of ether oxygens (including phenoxy) is 1. The SMILES string of the molecule is CN(/C(N)=C/C=C(\N)c1cc2ccc(OCCCN)cc2cc1O)C1CC(C)(C)NC(C)(C)C1. The number of hydrogen-bond acceptors (Lipinski definition) is 7. The lowest BCUT2D eigenvalue weighted by molar-refractivity contribution is 0.0981. The van der Waals surface area contributed by atoms with Crippen LogP contribution in [0, 0.1) is 0 Å². The third-order valence-corrected chi connectivity index (χ3v) is 6.41. The third-order valence-electron chi connectivity index (χ3n) is 6.41. The average Bonchev–Trinajstić information content (AvgIpc) is 2.74. The molecule has 0 aliphatic carbocycles. The predicted molar refractivity (Wildman–Crippen MR) is 141 cm³/mol. The zero-order valence-corrected chi connectivity index (χ0v) is 21.2. The van der Waals surface area contributed by atoms with E-state index in [1.165, 1.54) is 0 Å². The molecule has 7 heteroatoms. The molecular weight excluding hydrogens is 426 g/mol. The van der Waals surface area contributed by atoms with Gasteiger partial charge < -0.3 is 37.3 Å². The van der Waals surface area contributed by atoms with Gasteiger partial charge in [-0.3, -0.25) is 0 Å². The number of benzene rings is 2. The molecule has 1 aliphatic heterocycles. The van der Waals surface area contributed by atoms with Gasteiger partial charge >= 0.3 is 0 Å². The Labute approximate surface area is 203 Å². The lowest BCUT2D eigenvalue weighted by Gasteiger charge is -2.49. The van der Waals surface area contributed by atoms with Crippen molar-refractivity contribution in [3.8, 4) is 11.5 Å². The Hall–Kier alpha value is -2.90. The highest BCUT2D eigenvalue weighted by molar-refractivity contribution is 5.89. The number of allylic oxidation sites excluding steroid dienone is 2. The Morgan fingerprint density at radius 2 is 1.76 bits per heavy atom. The molecule has 0 saturated carbocycles. The molecule has 7 nitrogen and oxygen atoms in total. The number of nitrogens with one attached hydrogen (secondary N) is 1. The van der Waals surface area contributed by atoms with E-state index in [-0.39, 0.29) is 16.8 Å². The maximum absolute atomic E-state index is 10.6. The maximum Gasteiger partial charge on any atom is 0.125 e. The lowest BCUT2D eigenvalue weighted by atomic mass is 9.79. The Morgan fingerprint density at radius 3 is 2.41 bits per heavy atom. The second-order valence-electron chi connectivity index (χ2n) is 10.6. The fourth-order valence-corrected chi connectivity index (χ4v) is 4.99. The van der Waals surface area contributed by atoms with E-state index in [4.69, 9.17) is 21.9 Å². The molecular formula is C27H41N5O2. The largest absolute Gasteiger partial charge is 0.507 e. The first-order valence-electron chi connectivity index (χ1n) is 12.0. The van der Waals surface area contributed by atoms with E-state index in [1.54, 1.807) is 12.1 Å². The minimum absolute atomic E-state index is 0.0298. The summed E-state index contributed by atoms with van der Waals surface area (Å²) in [6.07, 6.45) is 6.35. The molecule has 8 N–H and O–H groups in total.